The van der Waals surface area contributed by atoms with Crippen molar-refractivity contribution in [2.24, 2.45) is 0 Å². The summed E-state index contributed by atoms with van der Waals surface area (Å²) in [6.07, 6.45) is 0. The van der Waals surface area contributed by atoms with Crippen molar-refractivity contribution >= 4 is 42.5 Å². The molecule has 0 amide bonds. The van der Waals surface area contributed by atoms with Gasteiger partial charge in [-0.25, -0.2) is 25.9 Å². The van der Waals surface area contributed by atoms with Crippen molar-refractivity contribution in [3.63, 3.8) is 0 Å². The van der Waals surface area contributed by atoms with Gasteiger partial charge in [0.2, 0.25) is 10.0 Å². The van der Waals surface area contributed by atoms with E-state index < -0.39 is 42.4 Å². The third-order valence-corrected chi connectivity index (χ3v) is 9.98. The van der Waals surface area contributed by atoms with Gasteiger partial charge in [-0.2, -0.15) is 0 Å². The molecule has 3 rings (SSSR count). The SMILES string of the molecule is COc1ccc(F)cc1S(=O)(=O)NC[C@@H](c1cccs1)S(=O)(=O)c1cccs1. The van der Waals surface area contributed by atoms with Crippen molar-refractivity contribution in [3.05, 3.63) is 63.9 Å². The Hall–Kier alpha value is -1.79. The fourth-order valence-corrected chi connectivity index (χ4v) is 7.85. The van der Waals surface area contributed by atoms with Gasteiger partial charge >= 0.3 is 0 Å². The Morgan fingerprint density at radius 3 is 2.39 bits per heavy atom. The fraction of sp³-hybridized carbons (Fsp3) is 0.176. The van der Waals surface area contributed by atoms with Crippen LogP contribution in [0.15, 0.2) is 62.3 Å². The second kappa shape index (κ2) is 8.29. The van der Waals surface area contributed by atoms with Crippen LogP contribution in [-0.4, -0.2) is 30.5 Å². The largest absolute Gasteiger partial charge is 0.495 e. The van der Waals surface area contributed by atoms with Crippen LogP contribution in [0.1, 0.15) is 10.1 Å². The first-order chi connectivity index (χ1) is 13.3. The zero-order valence-corrected chi connectivity index (χ0v) is 17.8. The number of sulfonamides is 1. The van der Waals surface area contributed by atoms with E-state index in [1.54, 1.807) is 29.0 Å². The molecular formula is C17H16FNO5S4. The van der Waals surface area contributed by atoms with Crippen molar-refractivity contribution in [3.8, 4) is 5.75 Å². The number of sulfone groups is 1. The monoisotopic (exact) mass is 461 g/mol. The van der Waals surface area contributed by atoms with Crippen molar-refractivity contribution in [1.82, 2.24) is 4.72 Å². The van der Waals surface area contributed by atoms with E-state index in [2.05, 4.69) is 4.72 Å². The molecule has 0 saturated carbocycles. The Morgan fingerprint density at radius 1 is 1.07 bits per heavy atom. The average molecular weight is 462 g/mol. The molecule has 2 aromatic heterocycles. The summed E-state index contributed by atoms with van der Waals surface area (Å²) in [5, 5.41) is 2.25. The highest BCUT2D eigenvalue weighted by Gasteiger charge is 2.33. The Morgan fingerprint density at radius 2 is 1.79 bits per heavy atom. The van der Waals surface area contributed by atoms with E-state index in [0.29, 0.717) is 4.88 Å². The first kappa shape index (κ1) is 20.9. The smallest absolute Gasteiger partial charge is 0.244 e. The van der Waals surface area contributed by atoms with E-state index in [1.165, 1.54) is 30.6 Å². The quantitative estimate of drug-likeness (QED) is 0.555. The Bertz CT molecular complexity index is 1140. The van der Waals surface area contributed by atoms with Crippen LogP contribution in [0.5, 0.6) is 5.75 Å². The highest BCUT2D eigenvalue weighted by Crippen LogP contribution is 2.34. The summed E-state index contributed by atoms with van der Waals surface area (Å²) in [6, 6.07) is 9.53. The van der Waals surface area contributed by atoms with Gasteiger partial charge < -0.3 is 4.74 Å². The molecule has 1 atom stereocenters. The first-order valence-corrected chi connectivity index (χ1v) is 12.7. The average Bonchev–Trinajstić information content (AvgIpc) is 3.36. The van der Waals surface area contributed by atoms with Gasteiger partial charge in [0.1, 0.15) is 25.9 Å². The summed E-state index contributed by atoms with van der Waals surface area (Å²) >= 11 is 2.28. The van der Waals surface area contributed by atoms with Crippen LogP contribution >= 0.6 is 22.7 Å². The van der Waals surface area contributed by atoms with Gasteiger partial charge in [0.25, 0.3) is 0 Å². The van der Waals surface area contributed by atoms with E-state index in [9.17, 15) is 21.2 Å². The first-order valence-electron chi connectivity index (χ1n) is 7.89. The maximum atomic E-state index is 13.6. The predicted octanol–water partition coefficient (Wildman–Crippen LogP) is 3.45. The zero-order chi connectivity index (χ0) is 20.4. The van der Waals surface area contributed by atoms with Crippen molar-refractivity contribution in [1.29, 1.82) is 0 Å². The van der Waals surface area contributed by atoms with Gasteiger partial charge in [-0.05, 0) is 41.1 Å². The molecule has 0 bridgehead atoms. The third kappa shape index (κ3) is 4.28. The van der Waals surface area contributed by atoms with Crippen LogP contribution in [0.4, 0.5) is 4.39 Å². The van der Waals surface area contributed by atoms with Crippen LogP contribution in [0.25, 0.3) is 0 Å². The molecule has 0 aliphatic carbocycles. The van der Waals surface area contributed by atoms with E-state index >= 15 is 0 Å². The standard InChI is InChI=1S/C17H16FNO5S4/c1-24-13-7-6-12(18)10-15(13)28(22,23)19-11-16(14-4-2-8-25-14)27(20,21)17-5-3-9-26-17/h2-10,16,19H,11H2,1H3/t16-/m0/s1. The van der Waals surface area contributed by atoms with Crippen LogP contribution in [-0.2, 0) is 19.9 Å². The third-order valence-electron chi connectivity index (χ3n) is 3.88. The van der Waals surface area contributed by atoms with Crippen LogP contribution in [0.3, 0.4) is 0 Å². The number of halogens is 1. The molecule has 0 aliphatic rings. The van der Waals surface area contributed by atoms with Gasteiger partial charge in [-0.15, -0.1) is 22.7 Å². The van der Waals surface area contributed by atoms with E-state index in [0.717, 1.165) is 23.5 Å². The molecule has 0 radical (unpaired) electrons. The number of rotatable bonds is 8. The number of hydrogen-bond acceptors (Lipinski definition) is 7. The molecule has 0 fully saturated rings. The zero-order valence-electron chi connectivity index (χ0n) is 14.5. The minimum atomic E-state index is -4.21. The summed E-state index contributed by atoms with van der Waals surface area (Å²) < 4.78 is 72.5. The Balaban J connectivity index is 1.94. The molecule has 150 valence electrons. The number of methoxy groups -OCH3 is 1. The normalized spacial score (nSPS) is 13.4. The summed E-state index contributed by atoms with van der Waals surface area (Å²) in [4.78, 5) is 0.107. The molecule has 0 aliphatic heterocycles. The number of hydrogen-bond donors (Lipinski definition) is 1. The van der Waals surface area contributed by atoms with E-state index in [1.807, 2.05) is 0 Å². The lowest BCUT2D eigenvalue weighted by Gasteiger charge is -2.17. The highest BCUT2D eigenvalue weighted by molar-refractivity contribution is 7.94. The van der Waals surface area contributed by atoms with Gasteiger partial charge in [0.15, 0.2) is 9.84 Å². The molecular weight excluding hydrogens is 445 g/mol. The molecule has 1 N–H and O–H groups in total. The van der Waals surface area contributed by atoms with Crippen molar-refractivity contribution in [2.75, 3.05) is 13.7 Å². The summed E-state index contributed by atoms with van der Waals surface area (Å²) in [5.74, 6) is -0.787. The molecule has 1 aromatic carbocycles. The highest BCUT2D eigenvalue weighted by atomic mass is 32.2. The van der Waals surface area contributed by atoms with Crippen molar-refractivity contribution in [2.45, 2.75) is 14.4 Å². The van der Waals surface area contributed by atoms with E-state index in [4.69, 9.17) is 4.74 Å². The maximum Gasteiger partial charge on any atom is 0.244 e. The van der Waals surface area contributed by atoms with Crippen LogP contribution < -0.4 is 9.46 Å². The number of nitrogens with one attached hydrogen (secondary N) is 1. The van der Waals surface area contributed by atoms with E-state index in [-0.39, 0.29) is 9.96 Å². The predicted molar refractivity (Wildman–Crippen MR) is 107 cm³/mol. The lowest BCUT2D eigenvalue weighted by molar-refractivity contribution is 0.400. The molecule has 3 aromatic rings. The molecule has 0 saturated heterocycles. The van der Waals surface area contributed by atoms with Crippen molar-refractivity contribution < 1.29 is 26.0 Å². The molecule has 0 unspecified atom stereocenters. The lowest BCUT2D eigenvalue weighted by Crippen LogP contribution is -2.31. The van der Waals surface area contributed by atoms with Gasteiger partial charge in [-0.3, -0.25) is 0 Å². The Labute approximate surface area is 170 Å². The topological polar surface area (TPSA) is 89.5 Å². The molecule has 28 heavy (non-hydrogen) atoms. The minimum absolute atomic E-state index is 0.0392. The van der Waals surface area contributed by atoms with Gasteiger partial charge in [-0.1, -0.05) is 12.1 Å². The number of benzene rings is 1. The van der Waals surface area contributed by atoms with Gasteiger partial charge in [0, 0.05) is 11.4 Å². The summed E-state index contributed by atoms with van der Waals surface area (Å²) in [5.41, 5.74) is 0. The fourth-order valence-electron chi connectivity index (χ4n) is 2.53. The maximum absolute atomic E-state index is 13.6. The summed E-state index contributed by atoms with van der Waals surface area (Å²) in [6.45, 7) is -0.400. The van der Waals surface area contributed by atoms with Gasteiger partial charge in [0.05, 0.1) is 7.11 Å². The van der Waals surface area contributed by atoms with Crippen LogP contribution in [0, 0.1) is 5.82 Å². The summed E-state index contributed by atoms with van der Waals surface area (Å²) in [7, 11) is -6.76. The van der Waals surface area contributed by atoms with Crippen LogP contribution in [0.2, 0.25) is 0 Å². The second-order valence-electron chi connectivity index (χ2n) is 5.63. The molecule has 11 heteroatoms. The minimum Gasteiger partial charge on any atom is -0.495 e. The number of thiophene rings is 2. The number of ether oxygens (including phenoxy) is 1. The molecule has 0 spiro atoms. The second-order valence-corrected chi connectivity index (χ2v) is 11.6. The lowest BCUT2D eigenvalue weighted by atomic mass is 10.3. The molecule has 2 heterocycles. The molecule has 6 nitrogen and oxygen atoms in total. The Kier molecular flexibility index (Phi) is 6.20.